The van der Waals surface area contributed by atoms with E-state index >= 15 is 0 Å². The van der Waals surface area contributed by atoms with Crippen LogP contribution in [-0.2, 0) is 11.2 Å². The zero-order valence-electron chi connectivity index (χ0n) is 10.8. The summed E-state index contributed by atoms with van der Waals surface area (Å²) >= 11 is 5.77. The van der Waals surface area contributed by atoms with Crippen LogP contribution in [0.5, 0.6) is 5.75 Å². The second-order valence-electron chi connectivity index (χ2n) is 4.64. The number of hydrogen-bond donors (Lipinski definition) is 0. The lowest BCUT2D eigenvalue weighted by Crippen LogP contribution is -2.39. The SMILES string of the molecule is COc1ccc2c(c1)CCCN2C(=O)C(C)CCl. The minimum atomic E-state index is -0.139. The van der Waals surface area contributed by atoms with Crippen molar-refractivity contribution in [3.05, 3.63) is 23.8 Å². The number of benzene rings is 1. The molecule has 3 nitrogen and oxygen atoms in total. The summed E-state index contributed by atoms with van der Waals surface area (Å²) in [6, 6.07) is 5.88. The van der Waals surface area contributed by atoms with E-state index in [1.165, 1.54) is 5.56 Å². The van der Waals surface area contributed by atoms with E-state index in [0.29, 0.717) is 5.88 Å². The molecule has 1 atom stereocenters. The van der Waals surface area contributed by atoms with Crippen molar-refractivity contribution in [2.75, 3.05) is 24.4 Å². The van der Waals surface area contributed by atoms with E-state index in [9.17, 15) is 4.79 Å². The first-order valence-corrected chi connectivity index (χ1v) is 6.75. The van der Waals surface area contributed by atoms with Gasteiger partial charge in [-0.3, -0.25) is 4.79 Å². The Hall–Kier alpha value is -1.22. The average Bonchev–Trinajstić information content (AvgIpc) is 2.44. The number of aryl methyl sites for hydroxylation is 1. The molecule has 1 aromatic carbocycles. The molecule has 1 aliphatic heterocycles. The van der Waals surface area contributed by atoms with Gasteiger partial charge in [0.15, 0.2) is 0 Å². The van der Waals surface area contributed by atoms with E-state index in [-0.39, 0.29) is 11.8 Å². The maximum atomic E-state index is 12.3. The number of halogens is 1. The highest BCUT2D eigenvalue weighted by Gasteiger charge is 2.25. The van der Waals surface area contributed by atoms with Gasteiger partial charge < -0.3 is 9.64 Å². The number of carbonyl (C=O) groups is 1. The Morgan fingerprint density at radius 3 is 3.00 bits per heavy atom. The minimum Gasteiger partial charge on any atom is -0.497 e. The molecule has 4 heteroatoms. The lowest BCUT2D eigenvalue weighted by molar-refractivity contribution is -0.121. The number of methoxy groups -OCH3 is 1. The Balaban J connectivity index is 2.30. The molecule has 98 valence electrons. The Labute approximate surface area is 113 Å². The van der Waals surface area contributed by atoms with E-state index in [1.807, 2.05) is 30.0 Å². The molecule has 0 saturated carbocycles. The number of rotatable bonds is 3. The first-order chi connectivity index (χ1) is 8.67. The van der Waals surface area contributed by atoms with E-state index in [2.05, 4.69) is 0 Å². The molecular formula is C14H18ClNO2. The average molecular weight is 268 g/mol. The zero-order valence-corrected chi connectivity index (χ0v) is 11.5. The van der Waals surface area contributed by atoms with Gasteiger partial charge in [-0.2, -0.15) is 0 Å². The van der Waals surface area contributed by atoms with Crippen LogP contribution in [0.1, 0.15) is 18.9 Å². The van der Waals surface area contributed by atoms with Crippen molar-refractivity contribution in [1.82, 2.24) is 0 Å². The van der Waals surface area contributed by atoms with Crippen LogP contribution in [0.15, 0.2) is 18.2 Å². The van der Waals surface area contributed by atoms with Crippen molar-refractivity contribution in [2.24, 2.45) is 5.92 Å². The predicted octanol–water partition coefficient (Wildman–Crippen LogP) is 2.85. The van der Waals surface area contributed by atoms with Crippen LogP contribution in [-0.4, -0.2) is 25.4 Å². The molecule has 1 aliphatic rings. The predicted molar refractivity (Wildman–Crippen MR) is 73.6 cm³/mol. The number of nitrogens with zero attached hydrogens (tertiary/aromatic N) is 1. The molecule has 1 heterocycles. The molecule has 0 spiro atoms. The van der Waals surface area contributed by atoms with Gasteiger partial charge in [0.05, 0.1) is 7.11 Å². The number of carbonyl (C=O) groups excluding carboxylic acids is 1. The molecule has 0 radical (unpaired) electrons. The molecule has 0 aromatic heterocycles. The van der Waals surface area contributed by atoms with Crippen molar-refractivity contribution in [3.8, 4) is 5.75 Å². The molecule has 2 rings (SSSR count). The van der Waals surface area contributed by atoms with Crippen LogP contribution in [0.25, 0.3) is 0 Å². The normalized spacial score (nSPS) is 16.1. The first kappa shape index (κ1) is 13.2. The number of anilines is 1. The van der Waals surface area contributed by atoms with Crippen LogP contribution >= 0.6 is 11.6 Å². The fourth-order valence-corrected chi connectivity index (χ4v) is 2.39. The first-order valence-electron chi connectivity index (χ1n) is 6.21. The van der Waals surface area contributed by atoms with Gasteiger partial charge in [0.2, 0.25) is 5.91 Å². The number of hydrogen-bond acceptors (Lipinski definition) is 2. The van der Waals surface area contributed by atoms with Crippen LogP contribution < -0.4 is 9.64 Å². The molecular weight excluding hydrogens is 250 g/mol. The fraction of sp³-hybridized carbons (Fsp3) is 0.500. The van der Waals surface area contributed by atoms with Crippen molar-refractivity contribution in [3.63, 3.8) is 0 Å². The van der Waals surface area contributed by atoms with Crippen molar-refractivity contribution in [1.29, 1.82) is 0 Å². The monoisotopic (exact) mass is 267 g/mol. The zero-order chi connectivity index (χ0) is 13.1. The van der Waals surface area contributed by atoms with Gasteiger partial charge in [0.1, 0.15) is 5.75 Å². The summed E-state index contributed by atoms with van der Waals surface area (Å²) in [5.74, 6) is 1.17. The molecule has 0 aliphatic carbocycles. The molecule has 0 N–H and O–H groups in total. The smallest absolute Gasteiger partial charge is 0.231 e. The van der Waals surface area contributed by atoms with Gasteiger partial charge in [-0.15, -0.1) is 11.6 Å². The summed E-state index contributed by atoms with van der Waals surface area (Å²) < 4.78 is 5.22. The van der Waals surface area contributed by atoms with Crippen molar-refractivity contribution >= 4 is 23.2 Å². The van der Waals surface area contributed by atoms with Gasteiger partial charge in [0, 0.05) is 24.0 Å². The second-order valence-corrected chi connectivity index (χ2v) is 4.95. The van der Waals surface area contributed by atoms with Crippen LogP contribution in [0, 0.1) is 5.92 Å². The molecule has 1 unspecified atom stereocenters. The maximum Gasteiger partial charge on any atom is 0.231 e. The van der Waals surface area contributed by atoms with Gasteiger partial charge in [-0.25, -0.2) is 0 Å². The van der Waals surface area contributed by atoms with Gasteiger partial charge >= 0.3 is 0 Å². The van der Waals surface area contributed by atoms with Crippen LogP contribution in [0.3, 0.4) is 0 Å². The van der Waals surface area contributed by atoms with Crippen LogP contribution in [0.4, 0.5) is 5.69 Å². The second kappa shape index (κ2) is 5.61. The Morgan fingerprint density at radius 1 is 1.56 bits per heavy atom. The van der Waals surface area contributed by atoms with Gasteiger partial charge in [0.25, 0.3) is 0 Å². The lowest BCUT2D eigenvalue weighted by atomic mass is 10.00. The summed E-state index contributed by atoms with van der Waals surface area (Å²) in [5.41, 5.74) is 2.18. The van der Waals surface area contributed by atoms with E-state index in [1.54, 1.807) is 7.11 Å². The molecule has 18 heavy (non-hydrogen) atoms. The Morgan fingerprint density at radius 2 is 2.33 bits per heavy atom. The largest absolute Gasteiger partial charge is 0.497 e. The molecule has 0 saturated heterocycles. The summed E-state index contributed by atoms with van der Waals surface area (Å²) in [4.78, 5) is 14.1. The fourth-order valence-electron chi connectivity index (χ4n) is 2.26. The summed E-state index contributed by atoms with van der Waals surface area (Å²) in [5, 5.41) is 0. The molecule has 0 bridgehead atoms. The third-order valence-corrected chi connectivity index (χ3v) is 3.79. The standard InChI is InChI=1S/C14H18ClNO2/c1-10(9-15)14(17)16-7-3-4-11-8-12(18-2)5-6-13(11)16/h5-6,8,10H,3-4,7,9H2,1-2H3. The molecule has 0 fully saturated rings. The summed E-state index contributed by atoms with van der Waals surface area (Å²) in [6.45, 7) is 2.65. The molecule has 1 aromatic rings. The molecule has 1 amide bonds. The highest BCUT2D eigenvalue weighted by atomic mass is 35.5. The third kappa shape index (κ3) is 2.46. The highest BCUT2D eigenvalue weighted by molar-refractivity contribution is 6.19. The number of fused-ring (bicyclic) bond motifs is 1. The maximum absolute atomic E-state index is 12.3. The number of amides is 1. The summed E-state index contributed by atoms with van der Waals surface area (Å²) in [6.07, 6.45) is 1.98. The topological polar surface area (TPSA) is 29.5 Å². The number of alkyl halides is 1. The van der Waals surface area contributed by atoms with E-state index in [4.69, 9.17) is 16.3 Å². The van der Waals surface area contributed by atoms with Crippen LogP contribution in [0.2, 0.25) is 0 Å². The summed E-state index contributed by atoms with van der Waals surface area (Å²) in [7, 11) is 1.66. The van der Waals surface area contributed by atoms with E-state index in [0.717, 1.165) is 30.8 Å². The van der Waals surface area contributed by atoms with Gasteiger partial charge in [-0.1, -0.05) is 6.92 Å². The van der Waals surface area contributed by atoms with Crippen molar-refractivity contribution in [2.45, 2.75) is 19.8 Å². The van der Waals surface area contributed by atoms with E-state index < -0.39 is 0 Å². The Bertz CT molecular complexity index is 447. The number of ether oxygens (including phenoxy) is 1. The minimum absolute atomic E-state index is 0.108. The lowest BCUT2D eigenvalue weighted by Gasteiger charge is -2.31. The Kier molecular flexibility index (Phi) is 4.12. The third-order valence-electron chi connectivity index (χ3n) is 3.32. The quantitative estimate of drug-likeness (QED) is 0.788. The van der Waals surface area contributed by atoms with Crippen molar-refractivity contribution < 1.29 is 9.53 Å². The van der Waals surface area contributed by atoms with Gasteiger partial charge in [-0.05, 0) is 36.6 Å². The highest BCUT2D eigenvalue weighted by Crippen LogP contribution is 2.31.